The van der Waals surface area contributed by atoms with Gasteiger partial charge in [0.1, 0.15) is 5.82 Å². The third kappa shape index (κ3) is 11.0. The number of nitrogens with two attached hydrogens (primary N) is 1. The van der Waals surface area contributed by atoms with Crippen molar-refractivity contribution in [2.75, 3.05) is 18.5 Å². The van der Waals surface area contributed by atoms with Gasteiger partial charge in [-0.15, -0.1) is 0 Å². The van der Waals surface area contributed by atoms with Crippen LogP contribution in [0.25, 0.3) is 0 Å². The number of hydrogen-bond donors (Lipinski definition) is 4. The minimum absolute atomic E-state index is 0.103. The Balaban J connectivity index is 0.000000631. The molecular weight excluding hydrogens is 274 g/mol. The second-order valence-electron chi connectivity index (χ2n) is 2.89. The standard InChI is InChI=1S/C9H12N2O2S.CH3NOS/c12-6-3-7-13-9(14)11-8-4-1-2-5-10-8;2-1(3)4/h1-2,4-5,12H,3,6-7H2,(H,10,11,14);(H3,2,3,4). The second-order valence-corrected chi connectivity index (χ2v) is 3.68. The highest BCUT2D eigenvalue weighted by Crippen LogP contribution is 2.00. The predicted octanol–water partition coefficient (Wildman–Crippen LogP) is 0.965. The number of nitrogens with one attached hydrogen (secondary N) is 1. The van der Waals surface area contributed by atoms with Crippen molar-refractivity contribution in [3.8, 4) is 0 Å². The Morgan fingerprint density at radius 3 is 2.61 bits per heavy atom. The smallest absolute Gasteiger partial charge is 0.262 e. The van der Waals surface area contributed by atoms with E-state index in [1.54, 1.807) is 12.3 Å². The summed E-state index contributed by atoms with van der Waals surface area (Å²) in [4.78, 5) is 4.02. The number of hydrogen-bond acceptors (Lipinski definition) is 5. The van der Waals surface area contributed by atoms with E-state index >= 15 is 0 Å². The molecular formula is C10H15N3O3S2. The van der Waals surface area contributed by atoms with Crippen molar-refractivity contribution in [1.29, 1.82) is 0 Å². The van der Waals surface area contributed by atoms with Crippen LogP contribution in [0.1, 0.15) is 6.42 Å². The van der Waals surface area contributed by atoms with Crippen LogP contribution in [0, 0.1) is 0 Å². The van der Waals surface area contributed by atoms with E-state index in [0.29, 0.717) is 18.8 Å². The third-order valence-electron chi connectivity index (χ3n) is 1.43. The van der Waals surface area contributed by atoms with Gasteiger partial charge in [-0.3, -0.25) is 0 Å². The van der Waals surface area contributed by atoms with Crippen molar-refractivity contribution >= 4 is 40.6 Å². The zero-order valence-corrected chi connectivity index (χ0v) is 11.2. The molecule has 0 radical (unpaired) electrons. The largest absolute Gasteiger partial charge is 0.487 e. The van der Waals surface area contributed by atoms with Crippen LogP contribution in [0.4, 0.5) is 5.82 Å². The summed E-state index contributed by atoms with van der Waals surface area (Å²) in [7, 11) is 0. The maximum absolute atomic E-state index is 8.51. The summed E-state index contributed by atoms with van der Waals surface area (Å²) in [6.07, 6.45) is 2.24. The Morgan fingerprint density at radius 1 is 1.44 bits per heavy atom. The number of rotatable bonds is 4. The van der Waals surface area contributed by atoms with Gasteiger partial charge in [0.25, 0.3) is 10.3 Å². The Labute approximate surface area is 116 Å². The van der Waals surface area contributed by atoms with Crippen LogP contribution in [-0.4, -0.2) is 38.8 Å². The lowest BCUT2D eigenvalue weighted by Gasteiger charge is -2.07. The van der Waals surface area contributed by atoms with Gasteiger partial charge in [-0.25, -0.2) is 4.98 Å². The van der Waals surface area contributed by atoms with Crippen LogP contribution >= 0.6 is 24.4 Å². The Morgan fingerprint density at radius 2 is 2.11 bits per heavy atom. The summed E-state index contributed by atoms with van der Waals surface area (Å²) in [5, 5.41) is 18.7. The molecule has 6 nitrogen and oxygen atoms in total. The lowest BCUT2D eigenvalue weighted by atomic mass is 10.5. The first-order valence-electron chi connectivity index (χ1n) is 5.00. The average Bonchev–Trinajstić information content (AvgIpc) is 2.30. The molecule has 0 atom stereocenters. The van der Waals surface area contributed by atoms with Crippen LogP contribution in [-0.2, 0) is 4.74 Å². The number of aliphatic hydroxyl groups is 2. The highest BCUT2D eigenvalue weighted by molar-refractivity contribution is 7.80. The van der Waals surface area contributed by atoms with Crippen molar-refractivity contribution in [1.82, 2.24) is 4.98 Å². The molecule has 0 unspecified atom stereocenters. The Kier molecular flexibility index (Phi) is 9.74. The molecule has 0 spiro atoms. The highest BCUT2D eigenvalue weighted by Gasteiger charge is 1.97. The maximum atomic E-state index is 8.51. The van der Waals surface area contributed by atoms with Crippen LogP contribution in [0.2, 0.25) is 0 Å². The van der Waals surface area contributed by atoms with Crippen LogP contribution in [0.15, 0.2) is 24.4 Å². The molecule has 8 heteroatoms. The first-order valence-corrected chi connectivity index (χ1v) is 5.82. The van der Waals surface area contributed by atoms with E-state index in [1.165, 1.54) is 0 Å². The molecule has 5 N–H and O–H groups in total. The zero-order valence-electron chi connectivity index (χ0n) is 9.57. The molecule has 0 amide bonds. The van der Waals surface area contributed by atoms with Gasteiger partial charge in [0.15, 0.2) is 0 Å². The number of aromatic nitrogens is 1. The number of ether oxygens (including phenoxy) is 1. The fourth-order valence-electron chi connectivity index (χ4n) is 0.807. The topological polar surface area (TPSA) is 101 Å². The van der Waals surface area contributed by atoms with Crippen molar-refractivity contribution in [2.24, 2.45) is 5.73 Å². The monoisotopic (exact) mass is 289 g/mol. The third-order valence-corrected chi connectivity index (χ3v) is 1.65. The van der Waals surface area contributed by atoms with Crippen molar-refractivity contribution < 1.29 is 14.9 Å². The van der Waals surface area contributed by atoms with Gasteiger partial charge in [-0.1, -0.05) is 6.07 Å². The van der Waals surface area contributed by atoms with Crippen LogP contribution in [0.5, 0.6) is 0 Å². The summed E-state index contributed by atoms with van der Waals surface area (Å²) in [5.74, 6) is 0.654. The highest BCUT2D eigenvalue weighted by atomic mass is 32.1. The maximum Gasteiger partial charge on any atom is 0.262 e. The van der Waals surface area contributed by atoms with E-state index in [2.05, 4.69) is 28.3 Å². The van der Waals surface area contributed by atoms with Gasteiger partial charge in [0.05, 0.1) is 6.61 Å². The fourth-order valence-corrected chi connectivity index (χ4v) is 0.995. The summed E-state index contributed by atoms with van der Waals surface area (Å²) >= 11 is 8.76. The molecule has 0 aliphatic heterocycles. The lowest BCUT2D eigenvalue weighted by molar-refractivity contribution is 0.230. The molecule has 0 saturated heterocycles. The lowest BCUT2D eigenvalue weighted by Crippen LogP contribution is -2.15. The van der Waals surface area contributed by atoms with Crippen LogP contribution < -0.4 is 11.1 Å². The van der Waals surface area contributed by atoms with E-state index in [4.69, 9.17) is 27.2 Å². The minimum atomic E-state index is -0.500. The molecule has 1 aromatic rings. The molecule has 0 aliphatic rings. The number of anilines is 1. The molecule has 0 saturated carbocycles. The molecule has 0 aliphatic carbocycles. The number of thiocarbonyl (C=S) groups is 2. The van der Waals surface area contributed by atoms with Gasteiger partial charge in [0, 0.05) is 19.2 Å². The molecule has 0 fully saturated rings. The fraction of sp³-hybridized carbons (Fsp3) is 0.300. The minimum Gasteiger partial charge on any atom is -0.487 e. The zero-order chi connectivity index (χ0) is 13.8. The summed E-state index contributed by atoms with van der Waals surface area (Å²) in [5.41, 5.74) is 4.40. The van der Waals surface area contributed by atoms with Gasteiger partial charge >= 0.3 is 0 Å². The number of nitrogens with zero attached hydrogens (tertiary/aromatic N) is 1. The molecule has 1 aromatic heterocycles. The van der Waals surface area contributed by atoms with Gasteiger partial charge in [0.2, 0.25) is 0 Å². The molecule has 18 heavy (non-hydrogen) atoms. The van der Waals surface area contributed by atoms with Gasteiger partial charge < -0.3 is 26.0 Å². The van der Waals surface area contributed by atoms with Crippen molar-refractivity contribution in [3.63, 3.8) is 0 Å². The van der Waals surface area contributed by atoms with Crippen molar-refractivity contribution in [3.05, 3.63) is 24.4 Å². The molecule has 0 aromatic carbocycles. The molecule has 0 bridgehead atoms. The van der Waals surface area contributed by atoms with E-state index in [0.717, 1.165) is 0 Å². The summed E-state index contributed by atoms with van der Waals surface area (Å²) in [6, 6.07) is 5.47. The molecule has 100 valence electrons. The number of pyridine rings is 1. The second kappa shape index (κ2) is 10.6. The average molecular weight is 289 g/mol. The van der Waals surface area contributed by atoms with E-state index < -0.39 is 5.17 Å². The normalized spacial score (nSPS) is 8.72. The van der Waals surface area contributed by atoms with Crippen LogP contribution in [0.3, 0.4) is 0 Å². The van der Waals surface area contributed by atoms with E-state index in [1.807, 2.05) is 12.1 Å². The van der Waals surface area contributed by atoms with Gasteiger partial charge in [-0.05, 0) is 36.6 Å². The Hall–Kier alpha value is -1.51. The van der Waals surface area contributed by atoms with Crippen molar-refractivity contribution in [2.45, 2.75) is 6.42 Å². The SMILES string of the molecule is NC(O)=S.OCCCOC(=S)Nc1ccccn1. The van der Waals surface area contributed by atoms with E-state index in [-0.39, 0.29) is 11.8 Å². The van der Waals surface area contributed by atoms with Gasteiger partial charge in [-0.2, -0.15) is 0 Å². The first kappa shape index (κ1) is 16.5. The summed E-state index contributed by atoms with van der Waals surface area (Å²) in [6.45, 7) is 0.515. The molecule has 1 rings (SSSR count). The predicted molar refractivity (Wildman–Crippen MR) is 77.5 cm³/mol. The quantitative estimate of drug-likeness (QED) is 0.480. The molecule has 1 heterocycles. The number of aliphatic hydroxyl groups excluding tert-OH is 2. The van der Waals surface area contributed by atoms with E-state index in [9.17, 15) is 0 Å². The Bertz CT molecular complexity index is 359. The summed E-state index contributed by atoms with van der Waals surface area (Å²) < 4.78 is 5.11. The first-order chi connectivity index (χ1) is 8.56.